The first-order chi connectivity index (χ1) is 34.5. The normalized spacial score (nSPS) is 17.8. The Bertz CT molecular complexity index is 1060. The molecule has 436 valence electrons. The third-order valence-electron chi connectivity index (χ3n) is 10.2. The zero-order valence-electron chi connectivity index (χ0n) is 47.3. The van der Waals surface area contributed by atoms with E-state index in [9.17, 15) is 20.4 Å². The minimum absolute atomic E-state index is 0.0507. The van der Waals surface area contributed by atoms with Gasteiger partial charge in [-0.05, 0) is 73.6 Å². The quantitative estimate of drug-likeness (QED) is 0.0378. The summed E-state index contributed by atoms with van der Waals surface area (Å²) in [6.45, 7) is 34.2. The summed E-state index contributed by atoms with van der Waals surface area (Å²) in [7, 11) is 0. The number of nitrogens with two attached hydrogens (primary N) is 2. The molecule has 0 amide bonds. The van der Waals surface area contributed by atoms with Crippen molar-refractivity contribution in [2.24, 2.45) is 11.5 Å². The van der Waals surface area contributed by atoms with E-state index in [-0.39, 0.29) is 62.8 Å². The molecule has 20 heteroatoms. The molecule has 0 aromatic rings. The van der Waals surface area contributed by atoms with Crippen molar-refractivity contribution in [3.05, 3.63) is 0 Å². The highest BCUT2D eigenvalue weighted by molar-refractivity contribution is 4.76. The highest BCUT2D eigenvalue weighted by Gasteiger charge is 2.24. The average molecular weight is 1050 g/mol. The highest BCUT2D eigenvalue weighted by Crippen LogP contribution is 2.10. The summed E-state index contributed by atoms with van der Waals surface area (Å²) in [5.41, 5.74) is 11.1. The van der Waals surface area contributed by atoms with Crippen LogP contribution in [0.4, 0.5) is 0 Å². The van der Waals surface area contributed by atoms with Gasteiger partial charge in [-0.3, -0.25) is 9.80 Å². The Morgan fingerprint density at radius 1 is 0.403 bits per heavy atom. The van der Waals surface area contributed by atoms with Gasteiger partial charge in [0, 0.05) is 83.4 Å². The molecule has 0 aliphatic carbocycles. The van der Waals surface area contributed by atoms with Crippen LogP contribution in [0.1, 0.15) is 108 Å². The van der Waals surface area contributed by atoms with Gasteiger partial charge in [0.05, 0.1) is 142 Å². The molecule has 11 atom stereocenters. The van der Waals surface area contributed by atoms with Crippen LogP contribution < -0.4 is 11.5 Å². The molecule has 0 saturated carbocycles. The number of epoxide rings is 1. The second-order valence-corrected chi connectivity index (χ2v) is 19.1. The molecular formula is C52H112N4O16. The second-order valence-electron chi connectivity index (χ2n) is 19.1. The van der Waals surface area contributed by atoms with Gasteiger partial charge in [-0.15, -0.1) is 0 Å². The minimum atomic E-state index is -0.672. The van der Waals surface area contributed by atoms with Gasteiger partial charge in [-0.2, -0.15) is 0 Å². The van der Waals surface area contributed by atoms with Gasteiger partial charge in [0.15, 0.2) is 0 Å². The SMILES string of the molecule is CC(N)COCCOC(C)COCC(C)N.CCCOCC(O)CN(CC(O)COCCC)C(C)COCCOC(C)COCC(C)N(CC(O)COCCC)CC(O)COCCC.CCCOCC1CO1. The summed E-state index contributed by atoms with van der Waals surface area (Å²) in [6.07, 6.45) is 2.32. The standard InChI is InChI=1S/C35H74N2O11.C11H26N2O3.C6H12O2/c1-8-12-42-25-32(38)18-36(19-33(39)26-43-13-9-2)29(5)22-46-16-17-48-31(7)24-47-23-30(6)37(20-34(40)27-44-14-10-3)21-35(41)28-45-15-11-4;1-9(12)6-14-4-5-16-11(3)8-15-7-10(2)13;1-2-3-7-4-6-5-8-6/h29-35,38-41H,8-28H2,1-7H3;9-11H,4-8,12-13H2,1-3H3;6H,2-5H2,1H3. The van der Waals surface area contributed by atoms with E-state index in [2.05, 4.69) is 6.92 Å². The number of hydrogen-bond donors (Lipinski definition) is 6. The largest absolute Gasteiger partial charge is 0.389 e. The molecule has 0 aromatic carbocycles. The molecule has 1 aliphatic rings. The lowest BCUT2D eigenvalue weighted by Gasteiger charge is -2.32. The smallest absolute Gasteiger partial charge is 0.104 e. The molecule has 72 heavy (non-hydrogen) atoms. The maximum atomic E-state index is 10.5. The summed E-state index contributed by atoms with van der Waals surface area (Å²) >= 11 is 0. The van der Waals surface area contributed by atoms with Crippen molar-refractivity contribution >= 4 is 0 Å². The van der Waals surface area contributed by atoms with Crippen molar-refractivity contribution in [2.75, 3.05) is 165 Å². The molecule has 8 N–H and O–H groups in total. The number of ether oxygens (including phenoxy) is 12. The Hall–Kier alpha value is -0.800. The lowest BCUT2D eigenvalue weighted by atomic mass is 10.2. The number of aliphatic hydroxyl groups excluding tert-OH is 4. The Balaban J connectivity index is 0. The van der Waals surface area contributed by atoms with Crippen LogP contribution in [-0.4, -0.2) is 262 Å². The number of nitrogens with zero attached hydrogens (tertiary/aromatic N) is 2. The molecule has 0 spiro atoms. The van der Waals surface area contributed by atoms with E-state index in [0.717, 1.165) is 51.9 Å². The first kappa shape index (κ1) is 73.3. The lowest BCUT2D eigenvalue weighted by molar-refractivity contribution is -0.0588. The van der Waals surface area contributed by atoms with E-state index in [0.29, 0.717) is 125 Å². The minimum Gasteiger partial charge on any atom is -0.389 e. The molecule has 0 radical (unpaired) electrons. The highest BCUT2D eigenvalue weighted by atomic mass is 16.6. The van der Waals surface area contributed by atoms with Crippen LogP contribution in [0.2, 0.25) is 0 Å². The van der Waals surface area contributed by atoms with Gasteiger partial charge in [0.25, 0.3) is 0 Å². The van der Waals surface area contributed by atoms with Crippen LogP contribution >= 0.6 is 0 Å². The molecule has 1 rings (SSSR count). The van der Waals surface area contributed by atoms with Gasteiger partial charge in [0.1, 0.15) is 6.10 Å². The van der Waals surface area contributed by atoms with E-state index in [1.54, 1.807) is 0 Å². The van der Waals surface area contributed by atoms with Crippen molar-refractivity contribution < 1.29 is 77.3 Å². The van der Waals surface area contributed by atoms with E-state index in [1.165, 1.54) is 0 Å². The van der Waals surface area contributed by atoms with Crippen molar-refractivity contribution in [1.29, 1.82) is 0 Å². The fourth-order valence-electron chi connectivity index (χ4n) is 6.41. The zero-order chi connectivity index (χ0) is 54.2. The van der Waals surface area contributed by atoms with E-state index < -0.39 is 24.4 Å². The fourth-order valence-corrected chi connectivity index (χ4v) is 6.41. The average Bonchev–Trinajstić information content (AvgIpc) is 4.16. The van der Waals surface area contributed by atoms with Crippen LogP contribution in [0.3, 0.4) is 0 Å². The number of aliphatic hydroxyl groups is 4. The van der Waals surface area contributed by atoms with Gasteiger partial charge >= 0.3 is 0 Å². The third kappa shape index (κ3) is 51.3. The van der Waals surface area contributed by atoms with Crippen molar-refractivity contribution in [1.82, 2.24) is 9.80 Å². The molecule has 11 unspecified atom stereocenters. The topological polar surface area (TPSA) is 253 Å². The summed E-state index contributed by atoms with van der Waals surface area (Å²) in [5.74, 6) is 0. The van der Waals surface area contributed by atoms with Crippen LogP contribution in [0, 0.1) is 0 Å². The van der Waals surface area contributed by atoms with Crippen LogP contribution in [-0.2, 0) is 56.8 Å². The molecule has 0 bridgehead atoms. The predicted octanol–water partition coefficient (Wildman–Crippen LogP) is 2.89. The third-order valence-corrected chi connectivity index (χ3v) is 10.2. The Kier molecular flexibility index (Phi) is 53.2. The molecular weight excluding hydrogens is 937 g/mol. The van der Waals surface area contributed by atoms with E-state index in [4.69, 9.17) is 68.3 Å². The summed E-state index contributed by atoms with van der Waals surface area (Å²) < 4.78 is 66.0. The van der Waals surface area contributed by atoms with Crippen LogP contribution in [0.25, 0.3) is 0 Å². The lowest BCUT2D eigenvalue weighted by Crippen LogP contribution is -2.47. The Labute approximate surface area is 437 Å². The van der Waals surface area contributed by atoms with Gasteiger partial charge in [-0.1, -0.05) is 34.6 Å². The molecule has 20 nitrogen and oxygen atoms in total. The Morgan fingerprint density at radius 3 is 1.03 bits per heavy atom. The molecule has 0 aromatic heterocycles. The summed E-state index contributed by atoms with van der Waals surface area (Å²) in [4.78, 5) is 4.02. The first-order valence-corrected chi connectivity index (χ1v) is 27.3. The predicted molar refractivity (Wildman–Crippen MR) is 283 cm³/mol. The van der Waals surface area contributed by atoms with E-state index in [1.807, 2.05) is 79.0 Å². The van der Waals surface area contributed by atoms with Gasteiger partial charge in [-0.25, -0.2) is 0 Å². The van der Waals surface area contributed by atoms with Crippen LogP contribution in [0.5, 0.6) is 0 Å². The molecule has 1 saturated heterocycles. The summed E-state index contributed by atoms with van der Waals surface area (Å²) in [6, 6.07) is 0.0405. The molecule has 1 heterocycles. The first-order valence-electron chi connectivity index (χ1n) is 27.3. The maximum absolute atomic E-state index is 10.5. The monoisotopic (exact) mass is 1050 g/mol. The van der Waals surface area contributed by atoms with Crippen molar-refractivity contribution in [3.63, 3.8) is 0 Å². The molecule has 1 aliphatic heterocycles. The molecule has 1 fully saturated rings. The van der Waals surface area contributed by atoms with E-state index >= 15 is 0 Å². The van der Waals surface area contributed by atoms with Gasteiger partial charge in [0.2, 0.25) is 0 Å². The number of hydrogen-bond acceptors (Lipinski definition) is 20. The Morgan fingerprint density at radius 2 is 0.694 bits per heavy atom. The van der Waals surface area contributed by atoms with Crippen molar-refractivity contribution in [2.45, 2.75) is 175 Å². The summed E-state index contributed by atoms with van der Waals surface area (Å²) in [5, 5.41) is 42.0. The fraction of sp³-hybridized carbons (Fsp3) is 1.00. The number of rotatable bonds is 50. The second kappa shape index (κ2) is 52.3. The van der Waals surface area contributed by atoms with Crippen molar-refractivity contribution in [3.8, 4) is 0 Å². The van der Waals surface area contributed by atoms with Gasteiger partial charge < -0.3 is 88.7 Å². The maximum Gasteiger partial charge on any atom is 0.104 e. The zero-order valence-corrected chi connectivity index (χ0v) is 47.3. The van der Waals surface area contributed by atoms with Crippen LogP contribution in [0.15, 0.2) is 0 Å².